The van der Waals surface area contributed by atoms with E-state index in [9.17, 15) is 18.0 Å². The number of carbonyl (C=O) groups excluding carboxylic acids is 1. The lowest BCUT2D eigenvalue weighted by molar-refractivity contribution is -0.137. The summed E-state index contributed by atoms with van der Waals surface area (Å²) in [6.07, 6.45) is -1.03. The van der Waals surface area contributed by atoms with Crippen LogP contribution in [0.15, 0.2) is 29.4 Å². The predicted octanol–water partition coefficient (Wildman–Crippen LogP) is 4.14. The van der Waals surface area contributed by atoms with Gasteiger partial charge in [-0.15, -0.1) is 10.2 Å². The van der Waals surface area contributed by atoms with Crippen molar-refractivity contribution in [3.8, 4) is 0 Å². The Hall–Kier alpha value is -2.07. The number of aromatic nitrogens is 3. The molecule has 3 aliphatic rings. The highest BCUT2D eigenvalue weighted by atomic mass is 32.2. The van der Waals surface area contributed by atoms with Crippen molar-refractivity contribution >= 4 is 17.7 Å². The molecule has 1 aromatic carbocycles. The highest BCUT2D eigenvalue weighted by Gasteiger charge is 2.57. The van der Waals surface area contributed by atoms with Crippen LogP contribution < -0.4 is 0 Å². The van der Waals surface area contributed by atoms with E-state index in [2.05, 4.69) is 19.7 Å². The predicted molar refractivity (Wildman–Crippen MR) is 124 cm³/mol. The van der Waals surface area contributed by atoms with Gasteiger partial charge in [0, 0.05) is 39.4 Å². The monoisotopic (exact) mass is 493 g/mol. The number of carbonyl (C=O) groups is 1. The number of nitrogens with zero attached hydrogens (tertiary/aromatic N) is 5. The molecule has 2 atom stereocenters. The summed E-state index contributed by atoms with van der Waals surface area (Å²) in [4.78, 5) is 15.7. The van der Waals surface area contributed by atoms with Crippen molar-refractivity contribution in [1.82, 2.24) is 24.6 Å². The van der Waals surface area contributed by atoms with Crippen LogP contribution in [0.3, 0.4) is 0 Å². The van der Waals surface area contributed by atoms with Crippen molar-refractivity contribution in [2.24, 2.45) is 12.5 Å². The minimum absolute atomic E-state index is 0.105. The molecule has 5 rings (SSSR count). The van der Waals surface area contributed by atoms with Gasteiger partial charge in [-0.3, -0.25) is 4.79 Å². The molecular formula is C24H30F3N5OS. The summed E-state index contributed by atoms with van der Waals surface area (Å²) in [7, 11) is 1.99. The van der Waals surface area contributed by atoms with Gasteiger partial charge in [-0.25, -0.2) is 0 Å². The van der Waals surface area contributed by atoms with Gasteiger partial charge in [-0.05, 0) is 61.4 Å². The van der Waals surface area contributed by atoms with Gasteiger partial charge in [0.15, 0.2) is 5.16 Å². The van der Waals surface area contributed by atoms with Crippen molar-refractivity contribution in [3.63, 3.8) is 0 Å². The molecule has 1 saturated carbocycles. The summed E-state index contributed by atoms with van der Waals surface area (Å²) >= 11 is 1.72. The molecule has 3 heterocycles. The van der Waals surface area contributed by atoms with Crippen LogP contribution in [0.1, 0.15) is 55.0 Å². The van der Waals surface area contributed by atoms with E-state index in [1.54, 1.807) is 30.8 Å². The molecule has 34 heavy (non-hydrogen) atoms. The molecule has 0 N–H and O–H groups in total. The van der Waals surface area contributed by atoms with Gasteiger partial charge in [-0.2, -0.15) is 13.2 Å². The van der Waals surface area contributed by atoms with E-state index in [4.69, 9.17) is 0 Å². The maximum absolute atomic E-state index is 12.8. The van der Waals surface area contributed by atoms with E-state index in [1.807, 2.05) is 11.9 Å². The van der Waals surface area contributed by atoms with E-state index in [-0.39, 0.29) is 17.2 Å². The normalized spacial score (nSPS) is 25.2. The zero-order valence-electron chi connectivity index (χ0n) is 19.5. The molecule has 184 valence electrons. The number of hydrogen-bond acceptors (Lipinski definition) is 5. The summed E-state index contributed by atoms with van der Waals surface area (Å²) in [6, 6.07) is 5.76. The van der Waals surface area contributed by atoms with Crippen LogP contribution in [-0.4, -0.2) is 68.9 Å². The van der Waals surface area contributed by atoms with Crippen molar-refractivity contribution in [2.75, 3.05) is 38.5 Å². The average Bonchev–Trinajstić information content (AvgIpc) is 3.11. The number of hydrogen-bond donors (Lipinski definition) is 0. The Morgan fingerprint density at radius 2 is 1.94 bits per heavy atom. The van der Waals surface area contributed by atoms with Crippen LogP contribution >= 0.6 is 11.8 Å². The van der Waals surface area contributed by atoms with Gasteiger partial charge in [-0.1, -0.05) is 23.9 Å². The summed E-state index contributed by atoms with van der Waals surface area (Å²) in [6.45, 7) is 6.15. The SMILES string of the molecule is CC(=O)N1CC(c2nnc(SCCCN3CCC4(CC4c4ccc(C(F)(F)F)cc4)C3)n2C)C1. The van der Waals surface area contributed by atoms with Crippen LogP contribution in [0.25, 0.3) is 0 Å². The maximum Gasteiger partial charge on any atom is 0.416 e. The summed E-state index contributed by atoms with van der Waals surface area (Å²) in [5.41, 5.74) is 0.723. The van der Waals surface area contributed by atoms with Gasteiger partial charge < -0.3 is 14.4 Å². The van der Waals surface area contributed by atoms with Gasteiger partial charge >= 0.3 is 6.18 Å². The number of likely N-dealkylation sites (tertiary alicyclic amines) is 2. The molecule has 2 unspecified atom stereocenters. The molecule has 0 radical (unpaired) electrons. The quantitative estimate of drug-likeness (QED) is 0.429. The molecule has 1 aliphatic carbocycles. The fraction of sp³-hybridized carbons (Fsp3) is 0.625. The van der Waals surface area contributed by atoms with Crippen LogP contribution in [0.4, 0.5) is 13.2 Å². The summed E-state index contributed by atoms with van der Waals surface area (Å²) < 4.78 is 40.5. The van der Waals surface area contributed by atoms with Crippen molar-refractivity contribution in [1.29, 1.82) is 0 Å². The number of amides is 1. The van der Waals surface area contributed by atoms with Gasteiger partial charge in [0.05, 0.1) is 11.5 Å². The van der Waals surface area contributed by atoms with E-state index in [1.165, 1.54) is 12.1 Å². The van der Waals surface area contributed by atoms with Gasteiger partial charge in [0.2, 0.25) is 5.91 Å². The van der Waals surface area contributed by atoms with Crippen LogP contribution in [-0.2, 0) is 18.0 Å². The van der Waals surface area contributed by atoms with Crippen LogP contribution in [0, 0.1) is 5.41 Å². The highest BCUT2D eigenvalue weighted by molar-refractivity contribution is 7.99. The lowest BCUT2D eigenvalue weighted by Crippen LogP contribution is -2.48. The minimum Gasteiger partial charge on any atom is -0.341 e. The zero-order valence-corrected chi connectivity index (χ0v) is 20.3. The third kappa shape index (κ3) is 4.58. The molecule has 1 aromatic heterocycles. The van der Waals surface area contributed by atoms with Crippen molar-refractivity contribution < 1.29 is 18.0 Å². The third-order valence-electron chi connectivity index (χ3n) is 7.70. The first kappa shape index (κ1) is 23.7. The first-order valence-electron chi connectivity index (χ1n) is 11.8. The molecular weight excluding hydrogens is 463 g/mol. The Balaban J connectivity index is 1.05. The fourth-order valence-electron chi connectivity index (χ4n) is 5.51. The third-order valence-corrected chi connectivity index (χ3v) is 8.81. The van der Waals surface area contributed by atoms with Gasteiger partial charge in [0.1, 0.15) is 5.82 Å². The Kier molecular flexibility index (Phi) is 6.16. The molecule has 3 fully saturated rings. The molecule has 2 aliphatic heterocycles. The number of benzene rings is 1. The number of thioether (sulfide) groups is 1. The highest BCUT2D eigenvalue weighted by Crippen LogP contribution is 2.64. The van der Waals surface area contributed by atoms with Crippen molar-refractivity contribution in [2.45, 2.75) is 49.4 Å². The van der Waals surface area contributed by atoms with Crippen LogP contribution in [0.5, 0.6) is 0 Å². The molecule has 1 spiro atoms. The zero-order chi connectivity index (χ0) is 24.1. The Labute approximate surface area is 201 Å². The number of halogens is 3. The Morgan fingerprint density at radius 3 is 2.62 bits per heavy atom. The standard InChI is InChI=1S/C24H30F3N5OS/c1-16(33)32-13-18(14-32)21-28-29-22(30(21)2)34-11-3-9-31-10-8-23(15-31)12-20(23)17-4-6-19(7-5-17)24(25,26)27/h4-7,18,20H,3,8-15H2,1-2H3. The maximum atomic E-state index is 12.8. The smallest absolute Gasteiger partial charge is 0.341 e. The second kappa shape index (κ2) is 8.86. The fourth-order valence-corrected chi connectivity index (χ4v) is 6.35. The topological polar surface area (TPSA) is 54.3 Å². The van der Waals surface area contributed by atoms with Crippen molar-refractivity contribution in [3.05, 3.63) is 41.2 Å². The minimum atomic E-state index is -4.28. The molecule has 1 amide bonds. The summed E-state index contributed by atoms with van der Waals surface area (Å²) in [5, 5.41) is 9.61. The van der Waals surface area contributed by atoms with E-state index < -0.39 is 11.7 Å². The lowest BCUT2D eigenvalue weighted by atomic mass is 9.97. The average molecular weight is 494 g/mol. The lowest BCUT2D eigenvalue weighted by Gasteiger charge is -2.37. The molecule has 6 nitrogen and oxygen atoms in total. The molecule has 0 bridgehead atoms. The Morgan fingerprint density at radius 1 is 1.21 bits per heavy atom. The number of rotatable bonds is 7. The first-order valence-corrected chi connectivity index (χ1v) is 12.8. The second-order valence-electron chi connectivity index (χ2n) is 9.99. The van der Waals surface area contributed by atoms with Crippen LogP contribution in [0.2, 0.25) is 0 Å². The Bertz CT molecular complexity index is 1050. The van der Waals surface area contributed by atoms with E-state index in [0.717, 1.165) is 74.3 Å². The molecule has 2 saturated heterocycles. The first-order chi connectivity index (χ1) is 16.2. The molecule has 2 aromatic rings. The second-order valence-corrected chi connectivity index (χ2v) is 11.0. The summed E-state index contributed by atoms with van der Waals surface area (Å²) in [5.74, 6) is 2.67. The molecule has 10 heteroatoms. The van der Waals surface area contributed by atoms with Gasteiger partial charge in [0.25, 0.3) is 0 Å². The van der Waals surface area contributed by atoms with E-state index >= 15 is 0 Å². The largest absolute Gasteiger partial charge is 0.416 e. The number of alkyl halides is 3. The van der Waals surface area contributed by atoms with E-state index in [0.29, 0.717) is 5.92 Å².